The molecule has 5 aromatic heterocycles. The van der Waals surface area contributed by atoms with E-state index in [4.69, 9.17) is 38.1 Å². The topological polar surface area (TPSA) is 323 Å². The van der Waals surface area contributed by atoms with Crippen LogP contribution in [0.2, 0.25) is 19.6 Å². The molecule has 4 atom stereocenters. The fraction of sp³-hybridized carbons (Fsp3) is 0.344. The maximum atomic E-state index is 12.7. The number of terminal acetylenes is 2. The van der Waals surface area contributed by atoms with Crippen LogP contribution in [0, 0.1) is 71.3 Å². The van der Waals surface area contributed by atoms with Crippen molar-refractivity contribution >= 4 is 165 Å². The number of nitrogen functional groups attached to an aromatic ring is 1. The molecule has 6 N–H and O–H groups in total. The molecule has 0 spiro atoms. The first-order valence-electron chi connectivity index (χ1n) is 38.6. The minimum absolute atomic E-state index is 0.0993. The van der Waals surface area contributed by atoms with Crippen molar-refractivity contribution in [2.45, 2.75) is 124 Å². The molecule has 0 aliphatic carbocycles. The first-order chi connectivity index (χ1) is 55.8. The molecule has 0 unspecified atom stereocenters. The smallest absolute Gasteiger partial charge is 0.410 e. The summed E-state index contributed by atoms with van der Waals surface area (Å²) in [7, 11) is -1.45. The Balaban J connectivity index is 0.000000159. The number of nitrogens with two attached hydrogens (primary N) is 1. The third kappa shape index (κ3) is 26.1. The summed E-state index contributed by atoms with van der Waals surface area (Å²) in [4.78, 5) is 114. The lowest BCUT2D eigenvalue weighted by Gasteiger charge is -2.24. The molecule has 610 valence electrons. The summed E-state index contributed by atoms with van der Waals surface area (Å²) < 4.78 is 18.2. The van der Waals surface area contributed by atoms with Gasteiger partial charge in [0.25, 0.3) is 0 Å². The molecule has 0 saturated carbocycles. The van der Waals surface area contributed by atoms with Gasteiger partial charge in [-0.05, 0) is 206 Å². The van der Waals surface area contributed by atoms with Crippen LogP contribution in [0.25, 0.3) is 53.9 Å². The molecule has 25 nitrogen and oxygen atoms in total. The second kappa shape index (κ2) is 38.7. The number of likely N-dealkylation sites (tertiary alicyclic amines) is 4. The highest BCUT2D eigenvalue weighted by molar-refractivity contribution is 9.10. The van der Waals surface area contributed by atoms with Crippen LogP contribution in [0.15, 0.2) is 161 Å². The second-order valence-corrected chi connectivity index (χ2v) is 39.7. The predicted molar refractivity (Wildman–Crippen MR) is 472 cm³/mol. The monoisotopic (exact) mass is 1730 g/mol. The summed E-state index contributed by atoms with van der Waals surface area (Å²) in [6.07, 6.45) is 23.0. The first-order valence-corrected chi connectivity index (χ1v) is 43.7. The molecule has 28 heteroatoms. The van der Waals surface area contributed by atoms with Gasteiger partial charge >= 0.3 is 18.3 Å². The average Bonchev–Trinajstić information content (AvgIpc) is 0.893. The number of nitrogens with one attached hydrogen (secondary N) is 4. The highest BCUT2D eigenvalue weighted by Crippen LogP contribution is 2.30. The third-order valence-electron chi connectivity index (χ3n) is 18.8. The van der Waals surface area contributed by atoms with Gasteiger partial charge in [0.2, 0.25) is 23.6 Å². The van der Waals surface area contributed by atoms with Gasteiger partial charge in [-0.2, -0.15) is 5.26 Å². The van der Waals surface area contributed by atoms with E-state index in [0.29, 0.717) is 107 Å². The Kier molecular flexibility index (Phi) is 28.9. The molecule has 7 amide bonds. The number of hydrogen-bond donors (Lipinski definition) is 5. The Labute approximate surface area is 705 Å². The van der Waals surface area contributed by atoms with Crippen LogP contribution in [0.4, 0.5) is 43.5 Å². The van der Waals surface area contributed by atoms with Crippen molar-refractivity contribution in [1.29, 1.82) is 5.26 Å². The van der Waals surface area contributed by atoms with Gasteiger partial charge < -0.3 is 60.8 Å². The molecule has 0 bridgehead atoms. The molecule has 4 aliphatic rings. The number of halogens is 2. The number of hydrogen-bond acceptors (Lipinski definition) is 18. The zero-order chi connectivity index (χ0) is 85.4. The van der Waals surface area contributed by atoms with Gasteiger partial charge in [-0.15, -0.1) is 18.4 Å². The van der Waals surface area contributed by atoms with Gasteiger partial charge in [0.1, 0.15) is 54.0 Å². The van der Waals surface area contributed by atoms with E-state index in [9.17, 15) is 33.6 Å². The van der Waals surface area contributed by atoms with Gasteiger partial charge in [0.15, 0.2) is 6.19 Å². The van der Waals surface area contributed by atoms with Crippen molar-refractivity contribution in [1.82, 2.24) is 44.5 Å². The van der Waals surface area contributed by atoms with Gasteiger partial charge in [-0.3, -0.25) is 19.2 Å². The van der Waals surface area contributed by atoms with Crippen LogP contribution in [-0.4, -0.2) is 164 Å². The number of carbonyl (C=O) groups is 7. The number of nitriles is 1. The summed E-state index contributed by atoms with van der Waals surface area (Å²) in [6, 6.07) is 38.4. The number of aromatic nitrogens is 5. The lowest BCUT2D eigenvalue weighted by molar-refractivity contribution is -0.120. The van der Waals surface area contributed by atoms with Crippen LogP contribution in [-0.2, 0) is 33.4 Å². The molecule has 118 heavy (non-hydrogen) atoms. The summed E-state index contributed by atoms with van der Waals surface area (Å²) in [5.41, 5.74) is 9.80. The molecule has 4 saturated heterocycles. The van der Waals surface area contributed by atoms with Crippen LogP contribution >= 0.6 is 31.9 Å². The number of pyridine rings is 5. The van der Waals surface area contributed by atoms with Crippen molar-refractivity contribution < 1.29 is 47.8 Å². The highest BCUT2D eigenvalue weighted by atomic mass is 79.9. The third-order valence-corrected chi connectivity index (χ3v) is 20.7. The summed E-state index contributed by atoms with van der Waals surface area (Å²) in [5.74, 6) is 9.49. The Morgan fingerprint density at radius 2 is 0.720 bits per heavy atom. The standard InChI is InChI=1S/C24H31N3O3Si.C21H23N3O3.C19H22BrN3O3.C17H14N4O.C9H7BrN2/c1-24(2,3)30-23(29)27-11-9-19(16-27)22(28)26-21-14-20-13-17(10-12-31(4,5)6)7-8-18(20)15-25-21;1-5-14-6-7-15-12-22-18(11-17(15)10-14)23-19(25)16-8-9-24(13-16)20(26)27-21(2,3)4;1-19(2,3)26-18(25)23-7-6-13(11-23)17(24)22-16-9-14-8-15(20)5-4-12(14)10-21-16;1-2-12-3-4-13-9-19-16(8-15(13)7-12)20-17(22)14-5-6-21(10-14)11-18;10-8-2-1-6-5-12-9(11)4-7(6)3-8/h7-8,13-15,19H,9,11,16H2,1-6H3,(H,25,26,28);1,6-7,10-12,16H,8-9,13H2,2-4H3,(H,22,23,25);4-5,8-10,13H,6-7,11H2,1-3H3,(H,21,22,24);1,3-4,7-9,14H,5-6,10H2,(H,19,20,22);1-5H,(H2,11,12)/t19-;16-;13-;14-;/m0000./s1. The largest absolute Gasteiger partial charge is 0.444 e. The van der Waals surface area contributed by atoms with E-state index < -0.39 is 24.9 Å². The Bertz CT molecular complexity index is 5620. The van der Waals surface area contributed by atoms with E-state index in [1.54, 1.807) is 56.7 Å². The average molecular weight is 1740 g/mol. The van der Waals surface area contributed by atoms with E-state index in [-0.39, 0.29) is 65.6 Å². The van der Waals surface area contributed by atoms with Crippen LogP contribution < -0.4 is 27.0 Å². The first kappa shape index (κ1) is 88.2. The molecule has 9 heterocycles. The zero-order valence-electron chi connectivity index (χ0n) is 68.3. The molecule has 4 aliphatic heterocycles. The van der Waals surface area contributed by atoms with E-state index in [1.807, 2.05) is 178 Å². The normalized spacial score (nSPS) is 16.3. The number of nitrogens with zero attached hydrogens (tertiary/aromatic N) is 10. The van der Waals surface area contributed by atoms with Gasteiger partial charge in [-0.1, -0.05) is 99.6 Å². The molecular formula is C90H97Br2N15O10Si. The van der Waals surface area contributed by atoms with Crippen LogP contribution in [0.3, 0.4) is 0 Å². The highest BCUT2D eigenvalue weighted by Gasteiger charge is 2.37. The second-order valence-electron chi connectivity index (χ2n) is 33.1. The van der Waals surface area contributed by atoms with Gasteiger partial charge in [-0.25, -0.2) is 39.3 Å². The summed E-state index contributed by atoms with van der Waals surface area (Å²) in [5, 5.41) is 30.2. The number of fused-ring (bicyclic) bond motifs is 5. The molecule has 10 aromatic rings. The van der Waals surface area contributed by atoms with Crippen molar-refractivity contribution in [2.75, 3.05) is 79.4 Å². The quantitative estimate of drug-likeness (QED) is 0.0408. The summed E-state index contributed by atoms with van der Waals surface area (Å²) >= 11 is 6.84. The molecule has 0 radical (unpaired) electrons. The Morgan fingerprint density at radius 1 is 0.424 bits per heavy atom. The minimum Gasteiger partial charge on any atom is -0.444 e. The lowest BCUT2D eigenvalue weighted by Crippen LogP contribution is -2.36. The van der Waals surface area contributed by atoms with E-state index in [2.05, 4.69) is 127 Å². The van der Waals surface area contributed by atoms with E-state index >= 15 is 0 Å². The number of amides is 7. The van der Waals surface area contributed by atoms with E-state index in [0.717, 1.165) is 79.5 Å². The van der Waals surface area contributed by atoms with Crippen molar-refractivity contribution in [3.63, 3.8) is 0 Å². The van der Waals surface area contributed by atoms with Gasteiger partial charge in [0.05, 0.1) is 23.7 Å². The maximum absolute atomic E-state index is 12.7. The summed E-state index contributed by atoms with van der Waals surface area (Å²) in [6.45, 7) is 26.8. The van der Waals surface area contributed by atoms with Crippen LogP contribution in [0.5, 0.6) is 0 Å². The number of anilines is 5. The van der Waals surface area contributed by atoms with Gasteiger partial charge in [0, 0.05) is 136 Å². The fourth-order valence-corrected chi connectivity index (χ4v) is 14.1. The molecule has 14 rings (SSSR count). The van der Waals surface area contributed by atoms with Crippen molar-refractivity contribution in [3.8, 4) is 42.3 Å². The Morgan fingerprint density at radius 3 is 1.04 bits per heavy atom. The van der Waals surface area contributed by atoms with Crippen LogP contribution in [0.1, 0.15) is 105 Å². The maximum Gasteiger partial charge on any atom is 0.410 e. The number of carbonyl (C=O) groups excluding carboxylic acids is 7. The van der Waals surface area contributed by atoms with E-state index in [1.165, 1.54) is 0 Å². The lowest BCUT2D eigenvalue weighted by atomic mass is 10.1. The SMILES string of the molecule is C#Cc1ccc2cnc(NC(=O)[C@H]3CCN(C#N)C3)cc2c1.C#Cc1ccc2cnc(NC(=O)[C@H]3CCN(C(=O)OC(C)(C)C)C3)cc2c1.CC(C)(C)OC(=O)N1CC[C@H](C(=O)Nc2cc3cc(Br)ccc3cn2)C1.CC(C)(C)OC(=O)N1CC[C@H](C(=O)Nc2cc3cc(C#C[Si](C)(C)C)ccc3cn2)C1.Nc1cc2cc(Br)ccc2cn1. The zero-order valence-corrected chi connectivity index (χ0v) is 72.4. The fourth-order valence-electron chi connectivity index (χ4n) is 12.8. The van der Waals surface area contributed by atoms with Crippen molar-refractivity contribution in [2.24, 2.45) is 23.7 Å². The molecule has 5 aromatic carbocycles. The number of ether oxygens (including phenoxy) is 3. The molecule has 4 fully saturated rings. The number of benzene rings is 5. The van der Waals surface area contributed by atoms with Crippen molar-refractivity contribution in [3.05, 3.63) is 178 Å². The minimum atomic E-state index is -1.45. The Hall–Kier alpha value is -12.2. The number of rotatable bonds is 8. The predicted octanol–water partition coefficient (Wildman–Crippen LogP) is 16.8. The molecular weight excluding hydrogens is 1640 g/mol.